The van der Waals surface area contributed by atoms with Gasteiger partial charge in [-0.25, -0.2) is 14.5 Å². The van der Waals surface area contributed by atoms with Crippen LogP contribution in [0.25, 0.3) is 0 Å². The maximum Gasteiger partial charge on any atom is 0.359 e. The lowest BCUT2D eigenvalue weighted by Gasteiger charge is -2.35. The summed E-state index contributed by atoms with van der Waals surface area (Å²) in [5.74, 6) is -0.0793. The molecule has 9 nitrogen and oxygen atoms in total. The fraction of sp³-hybridized carbons (Fsp3) is 0.450. The van der Waals surface area contributed by atoms with Gasteiger partial charge in [0.25, 0.3) is 11.5 Å². The van der Waals surface area contributed by atoms with Crippen LogP contribution in [0.4, 0.5) is 5.82 Å². The average molecular weight is 399 g/mol. The Morgan fingerprint density at radius 2 is 1.90 bits per heavy atom. The Balaban J connectivity index is 1.49. The van der Waals surface area contributed by atoms with E-state index < -0.39 is 5.97 Å². The van der Waals surface area contributed by atoms with Crippen molar-refractivity contribution >= 4 is 17.7 Å². The molecule has 0 bridgehead atoms. The number of hydrogen-bond acceptors (Lipinski definition) is 7. The van der Waals surface area contributed by atoms with Crippen LogP contribution in [0.5, 0.6) is 0 Å². The van der Waals surface area contributed by atoms with Crippen LogP contribution in [0, 0.1) is 0 Å². The van der Waals surface area contributed by atoms with Gasteiger partial charge in [-0.2, -0.15) is 5.10 Å². The van der Waals surface area contributed by atoms with E-state index >= 15 is 0 Å². The van der Waals surface area contributed by atoms with Crippen LogP contribution in [-0.2, 0) is 16.1 Å². The first-order valence-corrected chi connectivity index (χ1v) is 9.77. The van der Waals surface area contributed by atoms with Crippen molar-refractivity contribution in [1.82, 2.24) is 19.7 Å². The Labute approximate surface area is 168 Å². The highest BCUT2D eigenvalue weighted by Gasteiger charge is 2.23. The Kier molecular flexibility index (Phi) is 6.94. The Hall–Kier alpha value is -3.23. The minimum absolute atomic E-state index is 0.0217. The first-order valence-electron chi connectivity index (χ1n) is 9.77. The molecule has 0 aliphatic carbocycles. The molecule has 0 unspecified atom stereocenters. The van der Waals surface area contributed by atoms with Crippen molar-refractivity contribution in [2.45, 2.75) is 26.3 Å². The highest BCUT2D eigenvalue weighted by atomic mass is 16.5. The van der Waals surface area contributed by atoms with Crippen molar-refractivity contribution in [3.05, 3.63) is 52.6 Å². The zero-order valence-electron chi connectivity index (χ0n) is 16.5. The number of aryl methyl sites for hydroxylation is 1. The highest BCUT2D eigenvalue weighted by Crippen LogP contribution is 2.12. The highest BCUT2D eigenvalue weighted by molar-refractivity contribution is 5.89. The zero-order chi connectivity index (χ0) is 20.6. The summed E-state index contributed by atoms with van der Waals surface area (Å²) < 4.78 is 6.37. The first-order chi connectivity index (χ1) is 14.1. The van der Waals surface area contributed by atoms with Crippen LogP contribution in [0.2, 0.25) is 0 Å². The number of piperazine rings is 1. The fourth-order valence-corrected chi connectivity index (χ4v) is 3.04. The third-order valence-electron chi connectivity index (χ3n) is 4.73. The maximum atomic E-state index is 12.4. The summed E-state index contributed by atoms with van der Waals surface area (Å²) in [5.41, 5.74) is -0.245. The summed E-state index contributed by atoms with van der Waals surface area (Å²) in [6.45, 7) is 4.50. The fourth-order valence-electron chi connectivity index (χ4n) is 3.04. The number of ether oxygens (including phenoxy) is 1. The van der Waals surface area contributed by atoms with E-state index in [9.17, 15) is 14.4 Å². The molecule has 1 aliphatic heterocycles. The molecule has 9 heteroatoms. The van der Waals surface area contributed by atoms with E-state index in [0.717, 1.165) is 18.7 Å². The van der Waals surface area contributed by atoms with Crippen LogP contribution in [0.15, 0.2) is 41.3 Å². The molecule has 0 aromatic carbocycles. The molecule has 3 rings (SSSR count). The van der Waals surface area contributed by atoms with Gasteiger partial charge in [-0.15, -0.1) is 0 Å². The van der Waals surface area contributed by atoms with E-state index in [4.69, 9.17) is 4.74 Å². The molecular formula is C20H25N5O4. The van der Waals surface area contributed by atoms with Crippen molar-refractivity contribution < 1.29 is 14.3 Å². The van der Waals surface area contributed by atoms with Gasteiger partial charge in [-0.3, -0.25) is 9.59 Å². The van der Waals surface area contributed by atoms with Crippen LogP contribution in [0.1, 0.15) is 30.3 Å². The molecule has 29 heavy (non-hydrogen) atoms. The number of pyridine rings is 1. The predicted molar refractivity (Wildman–Crippen MR) is 107 cm³/mol. The number of carbonyl (C=O) groups is 2. The number of anilines is 1. The first kappa shape index (κ1) is 20.5. The monoisotopic (exact) mass is 399 g/mol. The third-order valence-corrected chi connectivity index (χ3v) is 4.73. The normalized spacial score (nSPS) is 14.0. The average Bonchev–Trinajstić information content (AvgIpc) is 2.77. The van der Waals surface area contributed by atoms with Gasteiger partial charge in [0, 0.05) is 45.0 Å². The van der Waals surface area contributed by atoms with Crippen LogP contribution < -0.4 is 10.5 Å². The van der Waals surface area contributed by atoms with Crippen molar-refractivity contribution in [3.63, 3.8) is 0 Å². The van der Waals surface area contributed by atoms with E-state index in [1.807, 2.05) is 25.1 Å². The van der Waals surface area contributed by atoms with Gasteiger partial charge in [-0.1, -0.05) is 19.4 Å². The van der Waals surface area contributed by atoms with Crippen LogP contribution in [-0.4, -0.2) is 64.3 Å². The van der Waals surface area contributed by atoms with E-state index in [1.165, 1.54) is 16.8 Å². The minimum Gasteiger partial charge on any atom is -0.451 e. The SMILES string of the molecule is CCCCn1nc(C(=O)OCC(=O)N2CCN(c3ccccn3)CC2)ccc1=O. The van der Waals surface area contributed by atoms with Crippen molar-refractivity contribution in [2.24, 2.45) is 0 Å². The molecule has 154 valence electrons. The molecule has 1 aliphatic rings. The summed E-state index contributed by atoms with van der Waals surface area (Å²) in [6, 6.07) is 8.34. The summed E-state index contributed by atoms with van der Waals surface area (Å²) in [4.78, 5) is 44.5. The van der Waals surface area contributed by atoms with Gasteiger partial charge in [0.2, 0.25) is 0 Å². The van der Waals surface area contributed by atoms with Gasteiger partial charge in [-0.05, 0) is 24.6 Å². The van der Waals surface area contributed by atoms with Gasteiger partial charge < -0.3 is 14.5 Å². The molecule has 1 amide bonds. The van der Waals surface area contributed by atoms with E-state index in [1.54, 1.807) is 11.1 Å². The molecule has 1 fully saturated rings. The number of aromatic nitrogens is 3. The summed E-state index contributed by atoms with van der Waals surface area (Å²) in [6.07, 6.45) is 3.44. The van der Waals surface area contributed by atoms with Gasteiger partial charge in [0.1, 0.15) is 5.82 Å². The number of unbranched alkanes of at least 4 members (excludes halogenated alkanes) is 1. The second kappa shape index (κ2) is 9.81. The largest absolute Gasteiger partial charge is 0.451 e. The molecule has 1 saturated heterocycles. The Bertz CT molecular complexity index is 891. The topological polar surface area (TPSA) is 97.6 Å². The maximum absolute atomic E-state index is 12.4. The number of amides is 1. The van der Waals surface area contributed by atoms with Gasteiger partial charge in [0.05, 0.1) is 0 Å². The Morgan fingerprint density at radius 1 is 1.10 bits per heavy atom. The molecule has 0 atom stereocenters. The van der Waals surface area contributed by atoms with Gasteiger partial charge >= 0.3 is 5.97 Å². The molecule has 0 N–H and O–H groups in total. The summed E-state index contributed by atoms with van der Waals surface area (Å²) in [7, 11) is 0. The minimum atomic E-state index is -0.712. The smallest absolute Gasteiger partial charge is 0.359 e. The number of rotatable bonds is 7. The van der Waals surface area contributed by atoms with E-state index in [2.05, 4.69) is 15.0 Å². The Morgan fingerprint density at radius 3 is 2.59 bits per heavy atom. The molecule has 0 radical (unpaired) electrons. The molecule has 0 saturated carbocycles. The number of nitrogens with zero attached hydrogens (tertiary/aromatic N) is 5. The molecule has 2 aromatic heterocycles. The van der Waals surface area contributed by atoms with E-state index in [0.29, 0.717) is 32.7 Å². The second-order valence-electron chi connectivity index (χ2n) is 6.77. The molecule has 3 heterocycles. The summed E-state index contributed by atoms with van der Waals surface area (Å²) >= 11 is 0. The molecule has 2 aromatic rings. The quantitative estimate of drug-likeness (QED) is 0.639. The van der Waals surface area contributed by atoms with Crippen molar-refractivity contribution in [3.8, 4) is 0 Å². The van der Waals surface area contributed by atoms with Crippen molar-refractivity contribution in [2.75, 3.05) is 37.7 Å². The van der Waals surface area contributed by atoms with Crippen molar-refractivity contribution in [1.29, 1.82) is 0 Å². The zero-order valence-corrected chi connectivity index (χ0v) is 16.5. The second-order valence-corrected chi connectivity index (χ2v) is 6.77. The molecular weight excluding hydrogens is 374 g/mol. The number of hydrogen-bond donors (Lipinski definition) is 0. The van der Waals surface area contributed by atoms with E-state index in [-0.39, 0.29) is 23.8 Å². The predicted octanol–water partition coefficient (Wildman–Crippen LogP) is 0.944. The lowest BCUT2D eigenvalue weighted by atomic mass is 10.3. The lowest BCUT2D eigenvalue weighted by molar-refractivity contribution is -0.134. The number of carbonyl (C=O) groups excluding carboxylic acids is 2. The number of esters is 1. The van der Waals surface area contributed by atoms with Crippen LogP contribution in [0.3, 0.4) is 0 Å². The van der Waals surface area contributed by atoms with Crippen LogP contribution >= 0.6 is 0 Å². The molecule has 0 spiro atoms. The standard InChI is InChI=1S/C20H25N5O4/c1-2-3-10-25-18(26)8-7-16(22-25)20(28)29-15-19(27)24-13-11-23(12-14-24)17-6-4-5-9-21-17/h4-9H,2-3,10-15H2,1H3. The third kappa shape index (κ3) is 5.40. The lowest BCUT2D eigenvalue weighted by Crippen LogP contribution is -2.50. The summed E-state index contributed by atoms with van der Waals surface area (Å²) in [5, 5.41) is 4.03. The van der Waals surface area contributed by atoms with Gasteiger partial charge in [0.15, 0.2) is 12.3 Å².